The van der Waals surface area contributed by atoms with Gasteiger partial charge < -0.3 is 25.1 Å². The quantitative estimate of drug-likeness (QED) is 0.301. The van der Waals surface area contributed by atoms with Crippen LogP contribution in [0, 0.1) is 0 Å². The van der Waals surface area contributed by atoms with Gasteiger partial charge in [0.1, 0.15) is 27.4 Å². The number of benzene rings is 1. The molecule has 0 radical (unpaired) electrons. The van der Waals surface area contributed by atoms with Gasteiger partial charge in [0.25, 0.3) is 0 Å². The first-order valence-corrected chi connectivity index (χ1v) is 13.8. The van der Waals surface area contributed by atoms with Crippen LogP contribution in [0.3, 0.4) is 0 Å². The first-order valence-electron chi connectivity index (χ1n) is 13.1. The largest absolute Gasteiger partial charge is 0.495 e. The van der Waals surface area contributed by atoms with Crippen molar-refractivity contribution in [3.05, 3.63) is 58.7 Å². The van der Waals surface area contributed by atoms with Crippen LogP contribution in [-0.4, -0.2) is 58.2 Å². The van der Waals surface area contributed by atoms with Crippen molar-refractivity contribution in [2.45, 2.75) is 50.9 Å². The van der Waals surface area contributed by atoms with E-state index in [1.54, 1.807) is 18.5 Å². The summed E-state index contributed by atoms with van der Waals surface area (Å²) in [7, 11) is 2.94. The number of carbonyl (C=O) groups is 2. The molecule has 0 saturated heterocycles. The number of urea groups is 1. The average Bonchev–Trinajstić information content (AvgIpc) is 3.50. The minimum absolute atomic E-state index is 0.0793. The van der Waals surface area contributed by atoms with Crippen molar-refractivity contribution in [3.63, 3.8) is 0 Å². The summed E-state index contributed by atoms with van der Waals surface area (Å²) < 4.78 is 10.8. The highest BCUT2D eigenvalue weighted by Crippen LogP contribution is 2.48. The lowest BCUT2D eigenvalue weighted by Crippen LogP contribution is -2.49. The Morgan fingerprint density at radius 1 is 1.17 bits per heavy atom. The van der Waals surface area contributed by atoms with Crippen molar-refractivity contribution < 1.29 is 19.1 Å². The molecule has 41 heavy (non-hydrogen) atoms. The van der Waals surface area contributed by atoms with Crippen LogP contribution in [-0.2, 0) is 17.9 Å². The predicted molar refractivity (Wildman–Crippen MR) is 156 cm³/mol. The Hall–Kier alpha value is -4.03. The number of hydrogen-bond acceptors (Lipinski definition) is 8. The number of aromatic amines is 1. The van der Waals surface area contributed by atoms with Gasteiger partial charge in [-0.2, -0.15) is 4.98 Å². The van der Waals surface area contributed by atoms with Crippen LogP contribution >= 0.6 is 23.2 Å². The molecular weight excluding hydrogens is 571 g/mol. The summed E-state index contributed by atoms with van der Waals surface area (Å²) in [6.07, 6.45) is 9.79. The van der Waals surface area contributed by atoms with Gasteiger partial charge in [0.15, 0.2) is 0 Å². The average molecular weight is 601 g/mol. The number of imidazole rings is 1. The summed E-state index contributed by atoms with van der Waals surface area (Å²) in [6.45, 7) is 3.80. The summed E-state index contributed by atoms with van der Waals surface area (Å²) in [6, 6.07) is 0.976. The van der Waals surface area contributed by atoms with Crippen molar-refractivity contribution in [2.75, 3.05) is 29.3 Å². The van der Waals surface area contributed by atoms with Gasteiger partial charge in [0.2, 0.25) is 11.9 Å². The highest BCUT2D eigenvalue weighted by atomic mass is 35.5. The fourth-order valence-electron chi connectivity index (χ4n) is 5.14. The number of hydrogen-bond donors (Lipinski definition) is 3. The molecule has 0 spiro atoms. The Labute approximate surface area is 247 Å². The monoisotopic (exact) mass is 600 g/mol. The zero-order chi connectivity index (χ0) is 29.1. The minimum Gasteiger partial charge on any atom is -0.495 e. The van der Waals surface area contributed by atoms with Crippen LogP contribution < -0.4 is 29.9 Å². The molecule has 216 valence electrons. The second kappa shape index (κ2) is 12.2. The lowest BCUT2D eigenvalue weighted by atomic mass is 9.90. The molecule has 0 bridgehead atoms. The standard InChI is InChI=1S/C27H30Cl2N8O4/c1-4-21(38)33-17-7-5-6-8-18(17)34-26-31-10-15-12-36(24-22(28)19(40-2)9-20(41-3)23(24)29)27(39)37(25(15)35-26)13-16-11-30-14-32-16/h4,9-11,14,17-18H,1,5-8,12-13H2,2-3H3,(H,30,32)(H,33,38)(H,31,34,35)/t17-,18+/m0/s1. The van der Waals surface area contributed by atoms with E-state index in [0.29, 0.717) is 34.5 Å². The molecule has 3 N–H and O–H groups in total. The number of fused-ring (bicyclic) bond motifs is 1. The van der Waals surface area contributed by atoms with Crippen LogP contribution in [0.2, 0.25) is 10.0 Å². The number of anilines is 3. The maximum absolute atomic E-state index is 14.1. The van der Waals surface area contributed by atoms with Gasteiger partial charge in [-0.3, -0.25) is 14.6 Å². The molecule has 3 aromatic rings. The Balaban J connectivity index is 1.52. The highest BCUT2D eigenvalue weighted by molar-refractivity contribution is 6.42. The van der Waals surface area contributed by atoms with Gasteiger partial charge in [-0.25, -0.2) is 14.8 Å². The number of nitrogens with zero attached hydrogens (tertiary/aromatic N) is 5. The summed E-state index contributed by atoms with van der Waals surface area (Å²) in [5.41, 5.74) is 1.61. The number of amides is 3. The van der Waals surface area contributed by atoms with Crippen molar-refractivity contribution >= 4 is 52.6 Å². The second-order valence-corrected chi connectivity index (χ2v) is 10.4. The predicted octanol–water partition coefficient (Wildman–Crippen LogP) is 4.70. The number of methoxy groups -OCH3 is 2. The fourth-order valence-corrected chi connectivity index (χ4v) is 5.84. The smallest absolute Gasteiger partial charge is 0.330 e. The molecule has 2 aromatic heterocycles. The Bertz CT molecular complexity index is 1420. The van der Waals surface area contributed by atoms with Crippen molar-refractivity contribution in [2.24, 2.45) is 0 Å². The maximum atomic E-state index is 14.1. The molecular formula is C27H30Cl2N8O4. The lowest BCUT2D eigenvalue weighted by Gasteiger charge is -2.37. The Kier molecular flexibility index (Phi) is 8.50. The Morgan fingerprint density at radius 2 is 1.88 bits per heavy atom. The van der Waals surface area contributed by atoms with Gasteiger partial charge in [-0.1, -0.05) is 42.6 Å². The molecule has 1 aliphatic heterocycles. The number of ether oxygens (including phenoxy) is 2. The van der Waals surface area contributed by atoms with E-state index >= 15 is 0 Å². The van der Waals surface area contributed by atoms with Gasteiger partial charge in [-0.15, -0.1) is 0 Å². The lowest BCUT2D eigenvalue weighted by molar-refractivity contribution is -0.117. The summed E-state index contributed by atoms with van der Waals surface area (Å²) in [5, 5.41) is 6.71. The fraction of sp³-hybridized carbons (Fsp3) is 0.370. The van der Waals surface area contributed by atoms with Gasteiger partial charge in [0, 0.05) is 36.1 Å². The number of H-pyrrole nitrogens is 1. The van der Waals surface area contributed by atoms with E-state index in [2.05, 4.69) is 32.2 Å². The van der Waals surface area contributed by atoms with E-state index in [4.69, 9.17) is 37.7 Å². The molecule has 1 fully saturated rings. The van der Waals surface area contributed by atoms with E-state index in [9.17, 15) is 9.59 Å². The van der Waals surface area contributed by atoms with Gasteiger partial charge in [0.05, 0.1) is 45.0 Å². The van der Waals surface area contributed by atoms with Crippen LogP contribution in [0.15, 0.2) is 37.4 Å². The molecule has 3 heterocycles. The molecule has 1 saturated carbocycles. The SMILES string of the molecule is C=CC(=O)N[C@H]1CCCC[C@H]1Nc1ncc2c(n1)N(Cc1cnc[nH]1)C(=O)N(c1c(Cl)c(OC)cc(OC)c1Cl)C2. The zero-order valence-corrected chi connectivity index (χ0v) is 24.1. The number of aromatic nitrogens is 4. The van der Waals surface area contributed by atoms with Gasteiger partial charge in [-0.05, 0) is 18.9 Å². The molecule has 2 aliphatic rings. The minimum atomic E-state index is -0.412. The highest BCUT2D eigenvalue weighted by Gasteiger charge is 2.37. The van der Waals surface area contributed by atoms with Crippen LogP contribution in [0.25, 0.3) is 0 Å². The molecule has 5 rings (SSSR count). The molecule has 14 heteroatoms. The first-order chi connectivity index (χ1) is 19.8. The van der Waals surface area contributed by atoms with Crippen molar-refractivity contribution in [1.29, 1.82) is 0 Å². The number of carbonyl (C=O) groups excluding carboxylic acids is 2. The van der Waals surface area contributed by atoms with E-state index < -0.39 is 6.03 Å². The number of rotatable bonds is 9. The second-order valence-electron chi connectivity index (χ2n) is 9.69. The molecule has 2 atom stereocenters. The third-order valence-corrected chi connectivity index (χ3v) is 7.92. The number of halogens is 2. The summed E-state index contributed by atoms with van der Waals surface area (Å²) in [4.78, 5) is 45.5. The van der Waals surface area contributed by atoms with Crippen LogP contribution in [0.4, 0.5) is 22.2 Å². The third kappa shape index (κ3) is 5.75. The summed E-state index contributed by atoms with van der Waals surface area (Å²) >= 11 is 13.4. The Morgan fingerprint density at radius 3 is 2.51 bits per heavy atom. The van der Waals surface area contributed by atoms with E-state index in [1.165, 1.54) is 36.4 Å². The maximum Gasteiger partial charge on any atom is 0.330 e. The molecule has 1 aliphatic carbocycles. The third-order valence-electron chi connectivity index (χ3n) is 7.18. The van der Waals surface area contributed by atoms with Crippen molar-refractivity contribution in [3.8, 4) is 11.5 Å². The normalized spacial score (nSPS) is 18.5. The summed E-state index contributed by atoms with van der Waals surface area (Å²) in [5.74, 6) is 1.18. The molecule has 3 amide bonds. The van der Waals surface area contributed by atoms with Crippen LogP contribution in [0.5, 0.6) is 11.5 Å². The molecule has 1 aromatic carbocycles. The van der Waals surface area contributed by atoms with E-state index in [1.807, 2.05) is 0 Å². The van der Waals surface area contributed by atoms with E-state index in [-0.39, 0.29) is 46.8 Å². The van der Waals surface area contributed by atoms with Crippen LogP contribution in [0.1, 0.15) is 36.9 Å². The van der Waals surface area contributed by atoms with Gasteiger partial charge >= 0.3 is 6.03 Å². The topological polar surface area (TPSA) is 138 Å². The zero-order valence-electron chi connectivity index (χ0n) is 22.6. The first kappa shape index (κ1) is 28.5. The molecule has 12 nitrogen and oxygen atoms in total. The molecule has 0 unspecified atom stereocenters. The number of nitrogens with one attached hydrogen (secondary N) is 3. The van der Waals surface area contributed by atoms with E-state index in [0.717, 1.165) is 25.7 Å². The van der Waals surface area contributed by atoms with Crippen molar-refractivity contribution in [1.82, 2.24) is 25.3 Å².